The summed E-state index contributed by atoms with van der Waals surface area (Å²) in [4.78, 5) is 13.4. The molecule has 0 radical (unpaired) electrons. The fraction of sp³-hybridized carbons (Fsp3) is 0.0500. The topological polar surface area (TPSA) is 47.9 Å². The van der Waals surface area contributed by atoms with Crippen LogP contribution in [0.25, 0.3) is 22.3 Å². The van der Waals surface area contributed by atoms with Crippen LogP contribution in [0.3, 0.4) is 0 Å². The summed E-state index contributed by atoms with van der Waals surface area (Å²) in [7, 11) is 0. The summed E-state index contributed by atoms with van der Waals surface area (Å²) in [6.07, 6.45) is 3.48. The maximum atomic E-state index is 6.11. The molecule has 0 unspecified atom stereocenters. The van der Waals surface area contributed by atoms with Crippen LogP contribution in [0, 0.1) is 6.92 Å². The molecular formula is C20H15N3O. The van der Waals surface area contributed by atoms with Gasteiger partial charge in [0.05, 0.1) is 10.9 Å². The quantitative estimate of drug-likeness (QED) is 0.545. The van der Waals surface area contributed by atoms with Gasteiger partial charge in [-0.2, -0.15) is 4.98 Å². The molecule has 0 N–H and O–H groups in total. The molecule has 0 aliphatic carbocycles. The Balaban J connectivity index is 1.88. The standard InChI is InChI=1S/C20H15N3O/c1-14-7-2-5-11-18(14)24-20-16-9-3-4-10-17(16)22-19(23-20)15-8-6-12-21-13-15/h2-13H,1H3. The molecule has 0 saturated carbocycles. The van der Waals surface area contributed by atoms with E-state index in [2.05, 4.69) is 15.0 Å². The van der Waals surface area contributed by atoms with Crippen molar-refractivity contribution in [3.05, 3.63) is 78.6 Å². The molecule has 4 aromatic rings. The van der Waals surface area contributed by atoms with Crippen LogP contribution in [0.1, 0.15) is 5.56 Å². The van der Waals surface area contributed by atoms with Crippen LogP contribution in [0.5, 0.6) is 11.6 Å². The van der Waals surface area contributed by atoms with Crippen molar-refractivity contribution in [3.63, 3.8) is 0 Å². The summed E-state index contributed by atoms with van der Waals surface area (Å²) >= 11 is 0. The first-order valence-electron chi connectivity index (χ1n) is 7.72. The van der Waals surface area contributed by atoms with Crippen molar-refractivity contribution in [1.82, 2.24) is 15.0 Å². The lowest BCUT2D eigenvalue weighted by molar-refractivity contribution is 0.465. The molecule has 0 amide bonds. The molecule has 24 heavy (non-hydrogen) atoms. The molecule has 4 heteroatoms. The minimum Gasteiger partial charge on any atom is -0.438 e. The Morgan fingerprint density at radius 2 is 1.67 bits per heavy atom. The molecule has 0 aliphatic rings. The van der Waals surface area contributed by atoms with Gasteiger partial charge in [0.25, 0.3) is 0 Å². The number of rotatable bonds is 3. The fourth-order valence-corrected chi connectivity index (χ4v) is 2.52. The molecule has 0 fully saturated rings. The third-order valence-electron chi connectivity index (χ3n) is 3.79. The Morgan fingerprint density at radius 3 is 2.50 bits per heavy atom. The van der Waals surface area contributed by atoms with Crippen LogP contribution in [0.15, 0.2) is 73.1 Å². The van der Waals surface area contributed by atoms with Gasteiger partial charge in [-0.3, -0.25) is 4.98 Å². The number of benzene rings is 2. The number of aryl methyl sites for hydroxylation is 1. The molecule has 4 nitrogen and oxygen atoms in total. The highest BCUT2D eigenvalue weighted by Crippen LogP contribution is 2.31. The molecule has 0 bridgehead atoms. The second-order valence-electron chi connectivity index (χ2n) is 5.48. The average Bonchev–Trinajstić information content (AvgIpc) is 2.64. The molecule has 2 heterocycles. The van der Waals surface area contributed by atoms with E-state index in [1.807, 2.05) is 67.6 Å². The second-order valence-corrected chi connectivity index (χ2v) is 5.48. The summed E-state index contributed by atoms with van der Waals surface area (Å²) < 4.78 is 6.11. The van der Waals surface area contributed by atoms with Crippen molar-refractivity contribution in [1.29, 1.82) is 0 Å². The van der Waals surface area contributed by atoms with Gasteiger partial charge in [-0.15, -0.1) is 0 Å². The van der Waals surface area contributed by atoms with Crippen LogP contribution in [-0.2, 0) is 0 Å². The molecule has 0 saturated heterocycles. The highest BCUT2D eigenvalue weighted by molar-refractivity contribution is 5.85. The van der Waals surface area contributed by atoms with Crippen molar-refractivity contribution < 1.29 is 4.74 Å². The smallest absolute Gasteiger partial charge is 0.230 e. The minimum atomic E-state index is 0.550. The lowest BCUT2D eigenvalue weighted by Gasteiger charge is -2.11. The molecule has 0 atom stereocenters. The van der Waals surface area contributed by atoms with Gasteiger partial charge in [-0.05, 0) is 42.8 Å². The number of nitrogens with zero attached hydrogens (tertiary/aromatic N) is 3. The SMILES string of the molecule is Cc1ccccc1Oc1nc(-c2cccnc2)nc2ccccc12. The van der Waals surface area contributed by atoms with Crippen LogP contribution in [0.4, 0.5) is 0 Å². The molecule has 116 valence electrons. The van der Waals surface area contributed by atoms with Gasteiger partial charge in [0, 0.05) is 18.0 Å². The Labute approximate surface area is 139 Å². The van der Waals surface area contributed by atoms with E-state index in [0.29, 0.717) is 11.7 Å². The van der Waals surface area contributed by atoms with E-state index in [9.17, 15) is 0 Å². The number of ether oxygens (including phenoxy) is 1. The molecular weight excluding hydrogens is 298 g/mol. The zero-order valence-corrected chi connectivity index (χ0v) is 13.2. The fourth-order valence-electron chi connectivity index (χ4n) is 2.52. The number of pyridine rings is 1. The summed E-state index contributed by atoms with van der Waals surface area (Å²) in [6.45, 7) is 2.01. The Morgan fingerprint density at radius 1 is 0.833 bits per heavy atom. The summed E-state index contributed by atoms with van der Waals surface area (Å²) in [5.74, 6) is 1.94. The van der Waals surface area contributed by atoms with Gasteiger partial charge < -0.3 is 4.74 Å². The van der Waals surface area contributed by atoms with E-state index in [-0.39, 0.29) is 0 Å². The van der Waals surface area contributed by atoms with E-state index in [1.165, 1.54) is 0 Å². The van der Waals surface area contributed by atoms with Crippen molar-refractivity contribution in [2.75, 3.05) is 0 Å². The van der Waals surface area contributed by atoms with Crippen molar-refractivity contribution in [2.45, 2.75) is 6.92 Å². The van der Waals surface area contributed by atoms with Crippen LogP contribution < -0.4 is 4.74 Å². The average molecular weight is 313 g/mol. The van der Waals surface area contributed by atoms with Gasteiger partial charge in [-0.1, -0.05) is 30.3 Å². The highest BCUT2D eigenvalue weighted by Gasteiger charge is 2.12. The van der Waals surface area contributed by atoms with E-state index < -0.39 is 0 Å². The van der Waals surface area contributed by atoms with Gasteiger partial charge in [0.1, 0.15) is 5.75 Å². The van der Waals surface area contributed by atoms with E-state index >= 15 is 0 Å². The molecule has 2 aromatic carbocycles. The van der Waals surface area contributed by atoms with E-state index in [4.69, 9.17) is 4.74 Å². The third kappa shape index (κ3) is 2.70. The van der Waals surface area contributed by atoms with Gasteiger partial charge in [0.15, 0.2) is 5.82 Å². The van der Waals surface area contributed by atoms with Gasteiger partial charge in [0.2, 0.25) is 5.88 Å². The van der Waals surface area contributed by atoms with Crippen LogP contribution in [-0.4, -0.2) is 15.0 Å². The Bertz CT molecular complexity index is 1000. The zero-order chi connectivity index (χ0) is 16.4. The largest absolute Gasteiger partial charge is 0.438 e. The van der Waals surface area contributed by atoms with Gasteiger partial charge >= 0.3 is 0 Å². The number of hydrogen-bond donors (Lipinski definition) is 0. The van der Waals surface area contributed by atoms with Crippen molar-refractivity contribution in [2.24, 2.45) is 0 Å². The normalized spacial score (nSPS) is 10.7. The van der Waals surface area contributed by atoms with Crippen molar-refractivity contribution >= 4 is 10.9 Å². The first-order valence-corrected chi connectivity index (χ1v) is 7.72. The zero-order valence-electron chi connectivity index (χ0n) is 13.2. The maximum absolute atomic E-state index is 6.11. The van der Waals surface area contributed by atoms with Crippen LogP contribution in [0.2, 0.25) is 0 Å². The highest BCUT2D eigenvalue weighted by atomic mass is 16.5. The maximum Gasteiger partial charge on any atom is 0.230 e. The molecule has 4 rings (SSSR count). The number of hydrogen-bond acceptors (Lipinski definition) is 4. The van der Waals surface area contributed by atoms with Crippen LogP contribution >= 0.6 is 0 Å². The molecule has 0 aliphatic heterocycles. The number of para-hydroxylation sites is 2. The molecule has 0 spiro atoms. The van der Waals surface area contributed by atoms with Gasteiger partial charge in [-0.25, -0.2) is 4.98 Å². The van der Waals surface area contributed by atoms with E-state index in [1.54, 1.807) is 12.4 Å². The Kier molecular flexibility index (Phi) is 3.63. The lowest BCUT2D eigenvalue weighted by Crippen LogP contribution is -1.97. The number of fused-ring (bicyclic) bond motifs is 1. The predicted molar refractivity (Wildman–Crippen MR) is 94.0 cm³/mol. The number of aromatic nitrogens is 3. The Hall–Kier alpha value is -3.27. The first-order chi connectivity index (χ1) is 11.8. The first kappa shape index (κ1) is 14.3. The second kappa shape index (κ2) is 6.08. The monoisotopic (exact) mass is 313 g/mol. The minimum absolute atomic E-state index is 0.550. The lowest BCUT2D eigenvalue weighted by atomic mass is 10.2. The summed E-state index contributed by atoms with van der Waals surface area (Å²) in [6, 6.07) is 19.5. The third-order valence-corrected chi connectivity index (χ3v) is 3.79. The summed E-state index contributed by atoms with van der Waals surface area (Å²) in [5, 5.41) is 0.883. The predicted octanol–water partition coefficient (Wildman–Crippen LogP) is 4.79. The molecule has 2 aromatic heterocycles. The summed E-state index contributed by atoms with van der Waals surface area (Å²) in [5.41, 5.74) is 2.76. The van der Waals surface area contributed by atoms with E-state index in [0.717, 1.165) is 27.8 Å². The van der Waals surface area contributed by atoms with Crippen molar-refractivity contribution in [3.8, 4) is 23.0 Å².